The highest BCUT2D eigenvalue weighted by Gasteiger charge is 2.32. The first kappa shape index (κ1) is 28.7. The van der Waals surface area contributed by atoms with Crippen LogP contribution in [0.2, 0.25) is 0 Å². The molecule has 3 N–H and O–H groups in total. The number of anilines is 3. The van der Waals surface area contributed by atoms with Crippen LogP contribution in [-0.2, 0) is 9.53 Å². The highest BCUT2D eigenvalue weighted by molar-refractivity contribution is 5.85. The molecule has 0 unspecified atom stereocenters. The Hall–Kier alpha value is -3.87. The fourth-order valence-corrected chi connectivity index (χ4v) is 3.63. The zero-order chi connectivity index (χ0) is 27.9. The molecule has 1 atom stereocenters. The van der Waals surface area contributed by atoms with Gasteiger partial charge in [-0.25, -0.2) is 14.2 Å². The molecule has 1 fully saturated rings. The minimum Gasteiger partial charge on any atom is -0.444 e. The van der Waals surface area contributed by atoms with E-state index in [1.54, 1.807) is 53.1 Å². The first-order chi connectivity index (χ1) is 17.9. The Morgan fingerprint density at radius 3 is 2.68 bits per heavy atom. The summed E-state index contributed by atoms with van der Waals surface area (Å²) < 4.78 is 18.8. The maximum Gasteiger partial charge on any atom is 0.410 e. The Morgan fingerprint density at radius 1 is 1.29 bits per heavy atom. The zero-order valence-corrected chi connectivity index (χ0v) is 22.9. The van der Waals surface area contributed by atoms with Crippen molar-refractivity contribution in [1.82, 2.24) is 20.2 Å². The number of nitrogens with one attached hydrogen (secondary N) is 3. The van der Waals surface area contributed by atoms with Crippen molar-refractivity contribution in [3.63, 3.8) is 0 Å². The van der Waals surface area contributed by atoms with Crippen LogP contribution >= 0.6 is 0 Å². The number of ether oxygens (including phenoxy) is 1. The van der Waals surface area contributed by atoms with Crippen LogP contribution in [0.1, 0.15) is 59.4 Å². The van der Waals surface area contributed by atoms with Gasteiger partial charge in [0, 0.05) is 31.2 Å². The molecule has 38 heavy (non-hydrogen) atoms. The molecule has 204 valence electrons. The molecule has 0 spiro atoms. The largest absolute Gasteiger partial charge is 0.444 e. The first-order valence-corrected chi connectivity index (χ1v) is 12.9. The number of likely N-dealkylation sites (N-methyl/N-ethyl adjacent to an activating group) is 1. The highest BCUT2D eigenvalue weighted by Crippen LogP contribution is 2.27. The standard InChI is InChI=1S/C28H37FN6O3/c1-7-13-30-24-20(17-31-26(34-24)33-22-10-8-9-21(29)16-22)12-11-19-14-23(15-19)32-25(36)18(2)35(6)27(37)38-28(3,4)5/h8-10,16-19,23H,7,13-15H2,1-6H3,(H,32,36)(H2,30,31,33,34)/t18-,19-,23+/m0/s1. The minimum absolute atomic E-state index is 0.00284. The summed E-state index contributed by atoms with van der Waals surface area (Å²) in [5.74, 6) is 6.93. The number of rotatable bonds is 8. The molecule has 1 saturated carbocycles. The van der Waals surface area contributed by atoms with E-state index in [2.05, 4.69) is 44.7 Å². The molecule has 1 aliphatic rings. The second-order valence-corrected chi connectivity index (χ2v) is 10.4. The van der Waals surface area contributed by atoms with Crippen LogP contribution in [0.15, 0.2) is 30.5 Å². The molecule has 0 saturated heterocycles. The summed E-state index contributed by atoms with van der Waals surface area (Å²) in [6, 6.07) is 5.45. The summed E-state index contributed by atoms with van der Waals surface area (Å²) in [7, 11) is 1.55. The number of hydrogen-bond acceptors (Lipinski definition) is 7. The molecule has 1 aliphatic carbocycles. The van der Waals surface area contributed by atoms with Crippen LogP contribution in [0, 0.1) is 23.6 Å². The molecule has 0 aliphatic heterocycles. The predicted molar refractivity (Wildman–Crippen MR) is 145 cm³/mol. The molecule has 1 aromatic carbocycles. The van der Waals surface area contributed by atoms with Crippen LogP contribution in [0.25, 0.3) is 0 Å². The van der Waals surface area contributed by atoms with E-state index in [-0.39, 0.29) is 23.7 Å². The van der Waals surface area contributed by atoms with Gasteiger partial charge in [-0.15, -0.1) is 0 Å². The van der Waals surface area contributed by atoms with Crippen LogP contribution in [0.3, 0.4) is 0 Å². The van der Waals surface area contributed by atoms with Gasteiger partial charge in [-0.3, -0.25) is 9.69 Å². The highest BCUT2D eigenvalue weighted by atomic mass is 19.1. The van der Waals surface area contributed by atoms with Crippen LogP contribution in [0.4, 0.5) is 26.6 Å². The van der Waals surface area contributed by atoms with Crippen molar-refractivity contribution in [3.05, 3.63) is 41.8 Å². The van der Waals surface area contributed by atoms with Gasteiger partial charge in [-0.05, 0) is 65.2 Å². The van der Waals surface area contributed by atoms with Gasteiger partial charge in [0.25, 0.3) is 0 Å². The van der Waals surface area contributed by atoms with Crippen molar-refractivity contribution in [3.8, 4) is 11.8 Å². The SMILES string of the molecule is CCCNc1nc(Nc2cccc(F)c2)ncc1C#C[C@H]1C[C@@H](NC(=O)[C@H](C)N(C)C(=O)OC(C)(C)C)C1. The summed E-state index contributed by atoms with van der Waals surface area (Å²) in [5.41, 5.74) is 0.596. The van der Waals surface area contributed by atoms with Crippen LogP contribution in [0.5, 0.6) is 0 Å². The number of halogens is 1. The van der Waals surface area contributed by atoms with E-state index in [4.69, 9.17) is 4.74 Å². The van der Waals surface area contributed by atoms with E-state index in [9.17, 15) is 14.0 Å². The van der Waals surface area contributed by atoms with Gasteiger partial charge in [0.05, 0.1) is 11.8 Å². The van der Waals surface area contributed by atoms with Gasteiger partial charge < -0.3 is 20.7 Å². The smallest absolute Gasteiger partial charge is 0.410 e. The summed E-state index contributed by atoms with van der Waals surface area (Å²) in [4.78, 5) is 35.0. The third kappa shape index (κ3) is 8.33. The van der Waals surface area contributed by atoms with E-state index < -0.39 is 17.7 Å². The summed E-state index contributed by atoms with van der Waals surface area (Å²) in [5, 5.41) is 9.27. The van der Waals surface area contributed by atoms with Gasteiger partial charge in [0.15, 0.2) is 0 Å². The Labute approximate surface area is 224 Å². The number of carbonyl (C=O) groups excluding carboxylic acids is 2. The second kappa shape index (κ2) is 12.6. The molecular formula is C28H37FN6O3. The summed E-state index contributed by atoms with van der Waals surface area (Å²) in [6.07, 6.45) is 3.46. The molecule has 2 amide bonds. The number of hydrogen-bond donors (Lipinski definition) is 3. The molecule has 10 heteroatoms. The van der Waals surface area contributed by atoms with E-state index in [0.717, 1.165) is 25.8 Å². The fourth-order valence-electron chi connectivity index (χ4n) is 3.63. The molecule has 9 nitrogen and oxygen atoms in total. The number of carbonyl (C=O) groups is 2. The Morgan fingerprint density at radius 2 is 2.03 bits per heavy atom. The average Bonchev–Trinajstić information content (AvgIpc) is 2.82. The van der Waals surface area contributed by atoms with Crippen LogP contribution < -0.4 is 16.0 Å². The lowest BCUT2D eigenvalue weighted by atomic mass is 9.80. The topological polar surface area (TPSA) is 108 Å². The lowest BCUT2D eigenvalue weighted by Crippen LogP contribution is -2.52. The second-order valence-electron chi connectivity index (χ2n) is 10.4. The number of benzene rings is 1. The molecular weight excluding hydrogens is 487 g/mol. The average molecular weight is 525 g/mol. The fraction of sp³-hybridized carbons (Fsp3) is 0.500. The first-order valence-electron chi connectivity index (χ1n) is 12.9. The van der Waals surface area contributed by atoms with Crippen LogP contribution in [-0.4, -0.2) is 58.1 Å². The van der Waals surface area contributed by atoms with Gasteiger partial charge in [-0.1, -0.05) is 24.8 Å². The van der Waals surface area contributed by atoms with Crippen molar-refractivity contribution in [2.45, 2.75) is 71.6 Å². The van der Waals surface area contributed by atoms with Gasteiger partial charge in [-0.2, -0.15) is 4.98 Å². The predicted octanol–water partition coefficient (Wildman–Crippen LogP) is 4.68. The van der Waals surface area contributed by atoms with Crippen molar-refractivity contribution in [2.24, 2.45) is 5.92 Å². The number of amides is 2. The molecule has 0 bridgehead atoms. The van der Waals surface area contributed by atoms with Crippen molar-refractivity contribution < 1.29 is 18.7 Å². The monoisotopic (exact) mass is 524 g/mol. The Balaban J connectivity index is 1.56. The quantitative estimate of drug-likeness (QED) is 0.430. The van der Waals surface area contributed by atoms with E-state index in [1.165, 1.54) is 17.0 Å². The summed E-state index contributed by atoms with van der Waals surface area (Å²) >= 11 is 0. The molecule has 1 heterocycles. The molecule has 2 aromatic rings. The van der Waals surface area contributed by atoms with E-state index in [0.29, 0.717) is 23.0 Å². The van der Waals surface area contributed by atoms with Gasteiger partial charge >= 0.3 is 6.09 Å². The lowest BCUT2D eigenvalue weighted by molar-refractivity contribution is -0.126. The molecule has 1 aromatic heterocycles. The number of nitrogens with zero attached hydrogens (tertiary/aromatic N) is 3. The third-order valence-electron chi connectivity index (χ3n) is 5.95. The van der Waals surface area contributed by atoms with Crippen molar-refractivity contribution >= 4 is 29.5 Å². The normalized spacial score (nSPS) is 17.2. The number of aromatic nitrogens is 2. The summed E-state index contributed by atoms with van der Waals surface area (Å²) in [6.45, 7) is 9.80. The molecule has 3 rings (SSSR count). The van der Waals surface area contributed by atoms with E-state index >= 15 is 0 Å². The zero-order valence-electron chi connectivity index (χ0n) is 22.9. The van der Waals surface area contributed by atoms with Gasteiger partial charge in [0.2, 0.25) is 11.9 Å². The maximum absolute atomic E-state index is 13.5. The van der Waals surface area contributed by atoms with E-state index in [1.807, 2.05) is 0 Å². The van der Waals surface area contributed by atoms with Crippen molar-refractivity contribution in [1.29, 1.82) is 0 Å². The minimum atomic E-state index is -0.654. The Kier molecular flexibility index (Phi) is 9.50. The van der Waals surface area contributed by atoms with Crippen molar-refractivity contribution in [2.75, 3.05) is 24.2 Å². The lowest BCUT2D eigenvalue weighted by Gasteiger charge is -2.34. The Bertz CT molecular complexity index is 1200. The van der Waals surface area contributed by atoms with Gasteiger partial charge in [0.1, 0.15) is 23.3 Å². The maximum atomic E-state index is 13.5. The third-order valence-corrected chi connectivity index (χ3v) is 5.95. The molecule has 0 radical (unpaired) electrons.